The van der Waals surface area contributed by atoms with Crippen LogP contribution in [0.5, 0.6) is 0 Å². The monoisotopic (exact) mass is 283 g/mol. The van der Waals surface area contributed by atoms with Crippen LogP contribution >= 0.6 is 15.9 Å². The van der Waals surface area contributed by atoms with Gasteiger partial charge in [-0.15, -0.1) is 11.8 Å². The van der Waals surface area contributed by atoms with Crippen molar-refractivity contribution in [2.75, 3.05) is 6.54 Å². The van der Waals surface area contributed by atoms with E-state index in [1.807, 2.05) is 18.7 Å². The molecule has 0 amide bonds. The highest BCUT2D eigenvalue weighted by molar-refractivity contribution is 9.10. The minimum Gasteiger partial charge on any atom is -0.310 e. The van der Waals surface area contributed by atoms with E-state index in [9.17, 15) is 0 Å². The number of nitrogens with zero attached hydrogens (tertiary/aromatic N) is 2. The van der Waals surface area contributed by atoms with Crippen LogP contribution in [0.1, 0.15) is 31.7 Å². The second-order valence-corrected chi connectivity index (χ2v) is 4.33. The fourth-order valence-electron chi connectivity index (χ4n) is 1.49. The summed E-state index contributed by atoms with van der Waals surface area (Å²) < 4.78 is 3.06. The summed E-state index contributed by atoms with van der Waals surface area (Å²) in [6.45, 7) is 5.72. The number of aromatic nitrogens is 2. The van der Waals surface area contributed by atoms with Crippen LogP contribution in [0.3, 0.4) is 0 Å². The lowest BCUT2D eigenvalue weighted by Crippen LogP contribution is -2.16. The smallest absolute Gasteiger partial charge is 0.0767 e. The molecule has 0 aliphatic carbocycles. The van der Waals surface area contributed by atoms with Gasteiger partial charge in [-0.2, -0.15) is 5.10 Å². The lowest BCUT2D eigenvalue weighted by molar-refractivity contribution is 0.628. The number of aryl methyl sites for hydroxylation is 2. The molecule has 0 spiro atoms. The van der Waals surface area contributed by atoms with E-state index in [0.717, 1.165) is 36.1 Å². The molecule has 1 N–H and O–H groups in total. The Bertz CT molecular complexity index is 398. The first-order chi connectivity index (χ1) is 7.70. The second kappa shape index (κ2) is 6.72. The third kappa shape index (κ3) is 3.36. The predicted octanol–water partition coefficient (Wildman–Crippen LogP) is 2.25. The number of hydrogen-bond donors (Lipinski definition) is 1. The summed E-state index contributed by atoms with van der Waals surface area (Å²) >= 11 is 3.59. The van der Waals surface area contributed by atoms with Gasteiger partial charge >= 0.3 is 0 Å². The van der Waals surface area contributed by atoms with Crippen LogP contribution in [0.4, 0.5) is 0 Å². The van der Waals surface area contributed by atoms with E-state index in [1.54, 1.807) is 0 Å². The van der Waals surface area contributed by atoms with Gasteiger partial charge in [0, 0.05) is 26.6 Å². The summed E-state index contributed by atoms with van der Waals surface area (Å²) in [4.78, 5) is 0. The zero-order chi connectivity index (χ0) is 12.0. The van der Waals surface area contributed by atoms with Gasteiger partial charge in [0.2, 0.25) is 0 Å². The molecule has 1 aromatic rings. The summed E-state index contributed by atoms with van der Waals surface area (Å²) in [7, 11) is 1.98. The van der Waals surface area contributed by atoms with E-state index in [2.05, 4.69) is 45.1 Å². The molecule has 88 valence electrons. The molecule has 0 atom stereocenters. The fraction of sp³-hybridized carbons (Fsp3) is 0.583. The standard InChI is InChI=1S/C12H18BrN3/c1-4-6-7-8-14-9-11-12(13)10(5-2)15-16(11)3/h14H,5,7-9H2,1-3H3. The van der Waals surface area contributed by atoms with E-state index in [4.69, 9.17) is 0 Å². The maximum absolute atomic E-state index is 4.45. The van der Waals surface area contributed by atoms with Crippen LogP contribution in [0.15, 0.2) is 4.47 Å². The third-order valence-corrected chi connectivity index (χ3v) is 3.31. The molecule has 0 aromatic carbocycles. The van der Waals surface area contributed by atoms with Crippen molar-refractivity contribution in [1.29, 1.82) is 0 Å². The largest absolute Gasteiger partial charge is 0.310 e. The highest BCUT2D eigenvalue weighted by Crippen LogP contribution is 2.21. The van der Waals surface area contributed by atoms with Crippen LogP contribution in [0, 0.1) is 11.8 Å². The first kappa shape index (κ1) is 13.3. The molecule has 0 saturated heterocycles. The van der Waals surface area contributed by atoms with Crippen LogP contribution in [0.2, 0.25) is 0 Å². The van der Waals surface area contributed by atoms with E-state index in [1.165, 1.54) is 5.69 Å². The van der Waals surface area contributed by atoms with Crippen molar-refractivity contribution in [2.24, 2.45) is 7.05 Å². The molecule has 0 aliphatic rings. The van der Waals surface area contributed by atoms with E-state index in [0.29, 0.717) is 0 Å². The minimum absolute atomic E-state index is 0.829. The normalized spacial score (nSPS) is 10.0. The number of halogens is 1. The van der Waals surface area contributed by atoms with Crippen LogP contribution in [-0.2, 0) is 20.0 Å². The summed E-state index contributed by atoms with van der Waals surface area (Å²) in [5.74, 6) is 5.92. The quantitative estimate of drug-likeness (QED) is 0.664. The maximum atomic E-state index is 4.45. The fourth-order valence-corrected chi connectivity index (χ4v) is 2.25. The number of hydrogen-bond acceptors (Lipinski definition) is 2. The van der Waals surface area contributed by atoms with Crippen molar-refractivity contribution in [1.82, 2.24) is 15.1 Å². The Morgan fingerprint density at radius 2 is 2.25 bits per heavy atom. The van der Waals surface area contributed by atoms with Crippen molar-refractivity contribution in [3.63, 3.8) is 0 Å². The topological polar surface area (TPSA) is 29.9 Å². The lowest BCUT2D eigenvalue weighted by atomic mass is 10.3. The molecule has 0 radical (unpaired) electrons. The van der Waals surface area contributed by atoms with E-state index >= 15 is 0 Å². The van der Waals surface area contributed by atoms with Gasteiger partial charge in [-0.05, 0) is 29.3 Å². The van der Waals surface area contributed by atoms with Crippen LogP contribution < -0.4 is 5.32 Å². The second-order valence-electron chi connectivity index (χ2n) is 3.54. The maximum Gasteiger partial charge on any atom is 0.0767 e. The number of nitrogens with one attached hydrogen (secondary N) is 1. The molecule has 1 rings (SSSR count). The Morgan fingerprint density at radius 1 is 1.50 bits per heavy atom. The van der Waals surface area contributed by atoms with Crippen molar-refractivity contribution in [3.05, 3.63) is 15.9 Å². The van der Waals surface area contributed by atoms with E-state index in [-0.39, 0.29) is 0 Å². The van der Waals surface area contributed by atoms with Gasteiger partial charge in [-0.25, -0.2) is 0 Å². The van der Waals surface area contributed by atoms with Gasteiger partial charge in [-0.1, -0.05) is 6.92 Å². The molecular formula is C12H18BrN3. The Hall–Kier alpha value is -0.790. The first-order valence-electron chi connectivity index (χ1n) is 5.51. The first-order valence-corrected chi connectivity index (χ1v) is 6.30. The Kier molecular flexibility index (Phi) is 5.58. The van der Waals surface area contributed by atoms with Gasteiger partial charge in [-0.3, -0.25) is 4.68 Å². The summed E-state index contributed by atoms with van der Waals surface area (Å²) in [5, 5.41) is 7.81. The lowest BCUT2D eigenvalue weighted by Gasteiger charge is -2.03. The van der Waals surface area contributed by atoms with E-state index < -0.39 is 0 Å². The van der Waals surface area contributed by atoms with Crippen molar-refractivity contribution >= 4 is 15.9 Å². The Labute approximate surface area is 106 Å². The Morgan fingerprint density at radius 3 is 2.81 bits per heavy atom. The van der Waals surface area contributed by atoms with Crippen molar-refractivity contribution in [3.8, 4) is 11.8 Å². The average molecular weight is 284 g/mol. The average Bonchev–Trinajstić information content (AvgIpc) is 2.55. The molecule has 3 nitrogen and oxygen atoms in total. The van der Waals surface area contributed by atoms with Gasteiger partial charge in [0.05, 0.1) is 15.9 Å². The number of rotatable bonds is 5. The molecule has 0 bridgehead atoms. The zero-order valence-electron chi connectivity index (χ0n) is 10.1. The zero-order valence-corrected chi connectivity index (χ0v) is 11.7. The molecular weight excluding hydrogens is 266 g/mol. The minimum atomic E-state index is 0.829. The summed E-state index contributed by atoms with van der Waals surface area (Å²) in [6.07, 6.45) is 1.85. The molecule has 1 heterocycles. The highest BCUT2D eigenvalue weighted by atomic mass is 79.9. The van der Waals surface area contributed by atoms with Gasteiger partial charge in [0.15, 0.2) is 0 Å². The molecule has 0 fully saturated rings. The molecule has 1 aromatic heterocycles. The molecule has 4 heteroatoms. The van der Waals surface area contributed by atoms with Crippen molar-refractivity contribution in [2.45, 2.75) is 33.2 Å². The van der Waals surface area contributed by atoms with Gasteiger partial charge < -0.3 is 5.32 Å². The summed E-state index contributed by atoms with van der Waals surface area (Å²) in [5.41, 5.74) is 2.31. The van der Waals surface area contributed by atoms with Gasteiger partial charge in [0.1, 0.15) is 0 Å². The molecule has 16 heavy (non-hydrogen) atoms. The third-order valence-electron chi connectivity index (χ3n) is 2.40. The molecule has 0 saturated carbocycles. The Balaban J connectivity index is 2.52. The predicted molar refractivity (Wildman–Crippen MR) is 70.1 cm³/mol. The SMILES string of the molecule is CC#CCCNCc1c(Br)c(CC)nn1C. The highest BCUT2D eigenvalue weighted by Gasteiger charge is 2.11. The molecule has 0 unspecified atom stereocenters. The van der Waals surface area contributed by atoms with Crippen molar-refractivity contribution < 1.29 is 0 Å². The van der Waals surface area contributed by atoms with Crippen LogP contribution in [-0.4, -0.2) is 16.3 Å². The van der Waals surface area contributed by atoms with Gasteiger partial charge in [0.25, 0.3) is 0 Å². The summed E-state index contributed by atoms with van der Waals surface area (Å²) in [6, 6.07) is 0. The van der Waals surface area contributed by atoms with Crippen LogP contribution in [0.25, 0.3) is 0 Å². The molecule has 0 aliphatic heterocycles.